The van der Waals surface area contributed by atoms with Crippen LogP contribution in [-0.4, -0.2) is 0 Å². The molecule has 0 aromatic heterocycles. The smallest absolute Gasteiger partial charge is 0.00206 e. The predicted molar refractivity (Wildman–Crippen MR) is 590 cm³/mol. The first-order valence-corrected chi connectivity index (χ1v) is 47.5. The van der Waals surface area contributed by atoms with Crippen LogP contribution >= 0.6 is 0 Å². The second kappa shape index (κ2) is 28.9. The summed E-state index contributed by atoms with van der Waals surface area (Å²) in [6, 6.07) is 177. The van der Waals surface area contributed by atoms with E-state index in [4.69, 9.17) is 0 Å². The molecule has 0 nitrogen and oxygen atoms in total. The van der Waals surface area contributed by atoms with Crippen LogP contribution in [-0.2, 0) is 0 Å². The summed E-state index contributed by atoms with van der Waals surface area (Å²) >= 11 is 0. The fraction of sp³-hybridized carbons (Fsp3) is 0. The van der Waals surface area contributed by atoms with Crippen molar-refractivity contribution >= 4 is 237 Å². The van der Waals surface area contributed by atoms with Gasteiger partial charge in [-0.25, -0.2) is 0 Å². The second-order valence-corrected chi connectivity index (χ2v) is 37.8. The van der Waals surface area contributed by atoms with Gasteiger partial charge in [-0.3, -0.25) is 0 Å². The van der Waals surface area contributed by atoms with E-state index < -0.39 is 0 Å². The van der Waals surface area contributed by atoms with E-state index in [0.29, 0.717) is 0 Å². The fourth-order valence-electron chi connectivity index (χ4n) is 24.6. The molecule has 0 amide bonds. The molecule has 0 atom stereocenters. The maximum Gasteiger partial charge on any atom is -0.00206 e. The third kappa shape index (κ3) is 11.2. The lowest BCUT2D eigenvalue weighted by Gasteiger charge is -2.18. The molecule has 136 heavy (non-hydrogen) atoms. The minimum absolute atomic E-state index is 1.24. The van der Waals surface area contributed by atoms with E-state index in [-0.39, 0.29) is 0 Å². The van der Waals surface area contributed by atoms with Crippen molar-refractivity contribution in [1.82, 2.24) is 0 Å². The first kappa shape index (κ1) is 75.0. The number of hydrogen-bond donors (Lipinski definition) is 0. The number of benzene rings is 32. The maximum absolute atomic E-state index is 2.35. The molecule has 0 bridgehead atoms. The van der Waals surface area contributed by atoms with Crippen LogP contribution in [0.25, 0.3) is 315 Å². The Bertz CT molecular complexity index is 9630. The third-order valence-corrected chi connectivity index (χ3v) is 30.8. The summed E-state index contributed by atoms with van der Waals surface area (Å²) < 4.78 is 0. The average Bonchev–Trinajstić information content (AvgIpc) is 0.708. The first-order valence-electron chi connectivity index (χ1n) is 47.5. The van der Waals surface area contributed by atoms with Crippen LogP contribution in [0.1, 0.15) is 0 Å². The first-order chi connectivity index (χ1) is 67.4. The van der Waals surface area contributed by atoms with Crippen molar-refractivity contribution in [2.24, 2.45) is 0 Å². The molecule has 32 aromatic rings. The zero-order valence-electron chi connectivity index (χ0n) is 74.0. The van der Waals surface area contributed by atoms with Gasteiger partial charge in [-0.15, -0.1) is 0 Å². The minimum Gasteiger partial charge on any atom is -0.0616 e. The minimum atomic E-state index is 1.24. The molecule has 0 saturated heterocycles. The molecule has 0 aliphatic carbocycles. The maximum atomic E-state index is 2.35. The molecule has 622 valence electrons. The SMILES string of the molecule is c1cc2ccc3ccc(-c4ccc(-c5ccc6ccc7cccc8ccc5c6c78)c5ccccc45)c4ccc(c1)c2c34.c1cc2ccc3ccc(-c4ccc5cc(-c6ccc7cc(-c8ccc9ccc%10cccc%11ccc8c9c%10%11)ccc7c6)ccc5c4)c4ccc(c1)c2c34.c1cc2ccc3ccc(-c4cccc5c(-c6ccc7ccc8cccc9ccc6c7c89)cccc45)c4ccc(c1)c2c34. The second-order valence-electron chi connectivity index (χ2n) is 37.8. The summed E-state index contributed by atoms with van der Waals surface area (Å²) in [5.41, 5.74) is 17.8. The van der Waals surface area contributed by atoms with E-state index >= 15 is 0 Å². The molecule has 0 heteroatoms. The van der Waals surface area contributed by atoms with E-state index in [2.05, 4.69) is 473 Å². The Morgan fingerprint density at radius 1 is 0.0735 bits per heavy atom. The molecule has 0 fully saturated rings. The van der Waals surface area contributed by atoms with Crippen LogP contribution in [0, 0.1) is 0 Å². The highest BCUT2D eigenvalue weighted by molar-refractivity contribution is 6.34. The Morgan fingerprint density at radius 2 is 0.221 bits per heavy atom. The van der Waals surface area contributed by atoms with Gasteiger partial charge in [0, 0.05) is 0 Å². The summed E-state index contributed by atoms with van der Waals surface area (Å²) in [6.45, 7) is 0. The molecule has 0 unspecified atom stereocenters. The summed E-state index contributed by atoms with van der Waals surface area (Å²) in [4.78, 5) is 0. The van der Waals surface area contributed by atoms with Gasteiger partial charge in [-0.2, -0.15) is 0 Å². The molecular formula is C136H78. The molecule has 0 N–H and O–H groups in total. The van der Waals surface area contributed by atoms with Crippen molar-refractivity contribution in [2.45, 2.75) is 0 Å². The normalized spacial score (nSPS) is 12.3. The molecule has 32 aromatic carbocycles. The largest absolute Gasteiger partial charge is 0.0616 e. The summed E-state index contributed by atoms with van der Waals surface area (Å²) in [5.74, 6) is 0. The molecule has 0 radical (unpaired) electrons. The van der Waals surface area contributed by atoms with Crippen molar-refractivity contribution in [1.29, 1.82) is 0 Å². The quantitative estimate of drug-likeness (QED) is 0.140. The standard InChI is InChI=1S/C52H30.2C42H24/c1-3-31-7-9-35-19-23-45(47-25-21-33(5-1)49(31)51(35)47)43-17-15-39-27-37(11-13-41(39)29-43)38-12-14-42-30-44(18-16-40(42)28-38)46-24-20-36-10-8-32-4-2-6-34-22-26-48(46)52(36)50(32)34;1-5-25-13-15-29-17-21-35(37-23-19-27(7-1)39(25)41(29)37)33-11-3-10-32-31(33)9-4-12-34(32)36-22-18-30-16-14-26-6-2-8-28-20-24-38(36)42(30)40(26)28;1-2-10-32-31(9-1)33(35-19-15-29-13-11-25-5-3-7-27-17-21-37(35)41(29)39(25)27)23-24-34(32)36-20-16-30-14-12-26-6-4-8-28-18-22-38(36)42(30)40(26)28/h1-30H;2*1-24H. The lowest BCUT2D eigenvalue weighted by molar-refractivity contribution is 1.65. The van der Waals surface area contributed by atoms with Crippen LogP contribution in [0.15, 0.2) is 473 Å². The van der Waals surface area contributed by atoms with Crippen LogP contribution in [0.5, 0.6) is 0 Å². The van der Waals surface area contributed by atoms with Crippen LogP contribution in [0.2, 0.25) is 0 Å². The Labute approximate surface area is 782 Å². The molecule has 0 aliphatic rings. The monoisotopic (exact) mass is 1710 g/mol. The molecule has 0 saturated carbocycles. The number of rotatable bonds is 7. The molecule has 32 rings (SSSR count). The lowest BCUT2D eigenvalue weighted by Crippen LogP contribution is -1.91. The van der Waals surface area contributed by atoms with E-state index in [1.807, 2.05) is 0 Å². The number of fused-ring (bicyclic) bond motifs is 4. The van der Waals surface area contributed by atoms with Crippen molar-refractivity contribution in [3.8, 4) is 77.9 Å². The highest BCUT2D eigenvalue weighted by Gasteiger charge is 2.24. The van der Waals surface area contributed by atoms with Gasteiger partial charge in [0.25, 0.3) is 0 Å². The predicted octanol–water partition coefficient (Wildman–Crippen LogP) is 38.7. The van der Waals surface area contributed by atoms with Crippen molar-refractivity contribution < 1.29 is 0 Å². The Balaban J connectivity index is 0.0000000977. The number of hydrogen-bond acceptors (Lipinski definition) is 0. The van der Waals surface area contributed by atoms with Crippen LogP contribution in [0.4, 0.5) is 0 Å². The summed E-state index contributed by atoms with van der Waals surface area (Å²) in [6.07, 6.45) is 0. The third-order valence-electron chi connectivity index (χ3n) is 30.8. The Morgan fingerprint density at radius 3 is 0.463 bits per heavy atom. The van der Waals surface area contributed by atoms with Crippen molar-refractivity contribution in [3.63, 3.8) is 0 Å². The topological polar surface area (TPSA) is 0 Å². The summed E-state index contributed by atoms with van der Waals surface area (Å²) in [7, 11) is 0. The average molecular weight is 1710 g/mol. The zero-order chi connectivity index (χ0) is 88.6. The molecular weight excluding hydrogens is 1630 g/mol. The summed E-state index contributed by atoms with van der Waals surface area (Å²) in [5, 5.41) is 57.9. The van der Waals surface area contributed by atoms with E-state index in [9.17, 15) is 0 Å². The van der Waals surface area contributed by atoms with Gasteiger partial charge >= 0.3 is 0 Å². The Hall–Kier alpha value is -17.7. The van der Waals surface area contributed by atoms with Gasteiger partial charge < -0.3 is 0 Å². The lowest BCUT2D eigenvalue weighted by atomic mass is 9.85. The molecule has 0 heterocycles. The van der Waals surface area contributed by atoms with Gasteiger partial charge in [0.05, 0.1) is 0 Å². The highest BCUT2D eigenvalue weighted by atomic mass is 14.3. The van der Waals surface area contributed by atoms with E-state index in [0.717, 1.165) is 0 Å². The zero-order valence-corrected chi connectivity index (χ0v) is 74.0. The fourth-order valence-corrected chi connectivity index (χ4v) is 24.6. The van der Waals surface area contributed by atoms with Crippen molar-refractivity contribution in [3.05, 3.63) is 473 Å². The van der Waals surface area contributed by atoms with Crippen LogP contribution in [0.3, 0.4) is 0 Å². The van der Waals surface area contributed by atoms with E-state index in [1.165, 1.54) is 315 Å². The molecule has 0 aliphatic heterocycles. The Kier molecular flexibility index (Phi) is 16.0. The van der Waals surface area contributed by atoms with Gasteiger partial charge in [0.1, 0.15) is 0 Å². The van der Waals surface area contributed by atoms with Crippen molar-refractivity contribution in [2.75, 3.05) is 0 Å². The van der Waals surface area contributed by atoms with Crippen LogP contribution < -0.4 is 0 Å². The van der Waals surface area contributed by atoms with E-state index in [1.54, 1.807) is 0 Å². The molecule has 0 spiro atoms. The van der Waals surface area contributed by atoms with Gasteiger partial charge in [0.15, 0.2) is 0 Å². The highest BCUT2D eigenvalue weighted by Crippen LogP contribution is 2.51. The van der Waals surface area contributed by atoms with Gasteiger partial charge in [0.2, 0.25) is 0 Å². The van der Waals surface area contributed by atoms with Gasteiger partial charge in [-0.05, 0) is 339 Å². The van der Waals surface area contributed by atoms with Gasteiger partial charge in [-0.1, -0.05) is 449 Å².